The Labute approximate surface area is 200 Å². The molecule has 0 radical (unpaired) electrons. The molecule has 0 N–H and O–H groups in total. The molecule has 1 aliphatic carbocycles. The Morgan fingerprint density at radius 3 is 3.00 bits per heavy atom. The summed E-state index contributed by atoms with van der Waals surface area (Å²) in [5, 5.41) is 11.1. The van der Waals surface area contributed by atoms with Gasteiger partial charge in [-0.15, -0.1) is 5.10 Å². The van der Waals surface area contributed by atoms with Crippen LogP contribution in [0.5, 0.6) is 0 Å². The summed E-state index contributed by atoms with van der Waals surface area (Å²) in [5.74, 6) is -0.267. The van der Waals surface area contributed by atoms with Gasteiger partial charge in [-0.2, -0.15) is 4.68 Å². The van der Waals surface area contributed by atoms with Crippen molar-refractivity contribution in [3.63, 3.8) is 0 Å². The maximum absolute atomic E-state index is 13.7. The summed E-state index contributed by atoms with van der Waals surface area (Å²) in [7, 11) is 0. The van der Waals surface area contributed by atoms with Gasteiger partial charge in [0.05, 0.1) is 36.9 Å². The van der Waals surface area contributed by atoms with Gasteiger partial charge in [0.1, 0.15) is 12.1 Å². The number of aromatic nitrogens is 6. The Balaban J connectivity index is 1.11. The van der Waals surface area contributed by atoms with Gasteiger partial charge < -0.3 is 9.64 Å². The van der Waals surface area contributed by atoms with Crippen LogP contribution in [0.2, 0.25) is 0 Å². The van der Waals surface area contributed by atoms with Crippen LogP contribution in [-0.4, -0.2) is 84.7 Å². The van der Waals surface area contributed by atoms with E-state index >= 15 is 0 Å². The van der Waals surface area contributed by atoms with Crippen molar-refractivity contribution in [1.29, 1.82) is 0 Å². The van der Waals surface area contributed by atoms with Gasteiger partial charge in [-0.3, -0.25) is 9.69 Å². The fourth-order valence-corrected chi connectivity index (χ4v) is 5.19. The van der Waals surface area contributed by atoms with Crippen LogP contribution in [-0.2, 0) is 16.0 Å². The minimum Gasteiger partial charge on any atom is -0.371 e. The second-order valence-electron chi connectivity index (χ2n) is 9.00. The van der Waals surface area contributed by atoms with Crippen LogP contribution in [0.1, 0.15) is 35.3 Å². The summed E-state index contributed by atoms with van der Waals surface area (Å²) in [4.78, 5) is 29.9. The van der Waals surface area contributed by atoms with Crippen molar-refractivity contribution >= 4 is 11.6 Å². The summed E-state index contributed by atoms with van der Waals surface area (Å²) < 4.78 is 21.2. The number of rotatable bonds is 3. The topological polar surface area (TPSA) is 107 Å². The van der Waals surface area contributed by atoms with Crippen molar-refractivity contribution < 1.29 is 13.9 Å². The van der Waals surface area contributed by atoms with E-state index in [2.05, 4.69) is 35.2 Å². The predicted octanol–water partition coefficient (Wildman–Crippen LogP) is 1.46. The van der Waals surface area contributed by atoms with Crippen LogP contribution in [0.25, 0.3) is 10.8 Å². The zero-order valence-electron chi connectivity index (χ0n) is 18.8. The van der Waals surface area contributed by atoms with Crippen molar-refractivity contribution in [2.24, 2.45) is 0 Å². The average molecular weight is 475 g/mol. The number of benzene rings is 1. The minimum absolute atomic E-state index is 0.00883. The lowest BCUT2D eigenvalue weighted by Gasteiger charge is -2.46. The fourth-order valence-electron chi connectivity index (χ4n) is 5.19. The first kappa shape index (κ1) is 21.7. The highest BCUT2D eigenvalue weighted by Crippen LogP contribution is 2.35. The zero-order chi connectivity index (χ0) is 23.9. The quantitative estimate of drug-likeness (QED) is 0.524. The highest BCUT2D eigenvalue weighted by Gasteiger charge is 2.39. The van der Waals surface area contributed by atoms with Gasteiger partial charge in [-0.25, -0.2) is 19.2 Å². The van der Waals surface area contributed by atoms with Gasteiger partial charge >= 0.3 is 0 Å². The number of morpholine rings is 1. The number of hydrogen-bond donors (Lipinski definition) is 0. The van der Waals surface area contributed by atoms with E-state index in [4.69, 9.17) is 11.3 Å². The predicted molar refractivity (Wildman–Crippen MR) is 119 cm³/mol. The van der Waals surface area contributed by atoms with E-state index in [1.165, 1.54) is 17.1 Å². The maximum Gasteiger partial charge on any atom is 0.253 e. The Kier molecular flexibility index (Phi) is 5.43. The van der Waals surface area contributed by atoms with Gasteiger partial charge in [0.25, 0.3) is 5.95 Å². The smallest absolute Gasteiger partial charge is 0.253 e. The van der Waals surface area contributed by atoms with Gasteiger partial charge in [-0.05, 0) is 41.0 Å². The molecule has 2 aliphatic heterocycles. The molecule has 1 aromatic carbocycles. The standard InChI is InChI=1S/C23H22FN9O2/c1-25-20-8-14(2-4-18(20)24)21-11-31-6-7-32(10-15(31)12-35-21)22(34)16-3-5-19-17(16)9-26-23(28-19)33-13-27-29-30-33/h2,4,8-9,13,15-16,21H,3,5-7,10-12H2/t15-,16?,21+/m1/s1. The van der Waals surface area contributed by atoms with E-state index in [0.717, 1.165) is 23.4 Å². The number of carbonyl (C=O) groups excluding carboxylic acids is 1. The minimum atomic E-state index is -0.518. The number of nitrogens with zero attached hydrogens (tertiary/aromatic N) is 9. The molecule has 1 unspecified atom stereocenters. The third-order valence-corrected chi connectivity index (χ3v) is 7.05. The molecule has 6 rings (SSSR count). The normalized spacial score (nSPS) is 24.0. The van der Waals surface area contributed by atoms with E-state index in [-0.39, 0.29) is 29.7 Å². The summed E-state index contributed by atoms with van der Waals surface area (Å²) in [6.07, 6.45) is 4.36. The van der Waals surface area contributed by atoms with Crippen molar-refractivity contribution in [1.82, 2.24) is 40.0 Å². The van der Waals surface area contributed by atoms with E-state index < -0.39 is 5.82 Å². The molecule has 35 heavy (non-hydrogen) atoms. The first-order valence-corrected chi connectivity index (χ1v) is 11.5. The average Bonchev–Trinajstić information content (AvgIpc) is 3.58. The Hall–Kier alpha value is -3.82. The van der Waals surface area contributed by atoms with E-state index in [1.807, 2.05) is 4.90 Å². The number of halogens is 1. The monoisotopic (exact) mass is 475 g/mol. The largest absolute Gasteiger partial charge is 0.371 e. The van der Waals surface area contributed by atoms with Crippen LogP contribution < -0.4 is 0 Å². The maximum atomic E-state index is 13.7. The Morgan fingerprint density at radius 1 is 1.26 bits per heavy atom. The third kappa shape index (κ3) is 3.92. The van der Waals surface area contributed by atoms with Gasteiger partial charge in [0.15, 0.2) is 0 Å². The number of fused-ring (bicyclic) bond motifs is 2. The second-order valence-corrected chi connectivity index (χ2v) is 9.00. The first-order chi connectivity index (χ1) is 17.1. The Bertz CT molecular complexity index is 1310. The molecule has 4 heterocycles. The molecule has 1 amide bonds. The van der Waals surface area contributed by atoms with Gasteiger partial charge in [0.2, 0.25) is 11.6 Å². The van der Waals surface area contributed by atoms with Crippen LogP contribution in [0.4, 0.5) is 10.1 Å². The second kappa shape index (κ2) is 8.75. The molecule has 2 saturated heterocycles. The molecule has 0 bridgehead atoms. The van der Waals surface area contributed by atoms with Crippen LogP contribution >= 0.6 is 0 Å². The first-order valence-electron chi connectivity index (χ1n) is 11.5. The molecule has 2 aromatic heterocycles. The SMILES string of the molecule is [C-]#[N+]c1cc([C@@H]2CN3CCN(C(=O)C4CCc5nc(-n6cnnn6)ncc54)C[C@@H]3CO2)ccc1F. The van der Waals surface area contributed by atoms with Crippen molar-refractivity contribution in [2.75, 3.05) is 32.8 Å². The Morgan fingerprint density at radius 2 is 2.17 bits per heavy atom. The molecule has 3 aromatic rings. The summed E-state index contributed by atoms with van der Waals surface area (Å²) in [6, 6.07) is 4.67. The fraction of sp³-hybridized carbons (Fsp3) is 0.435. The molecular weight excluding hydrogens is 453 g/mol. The molecule has 2 fully saturated rings. The zero-order valence-corrected chi connectivity index (χ0v) is 18.8. The number of carbonyl (C=O) groups is 1. The highest BCUT2D eigenvalue weighted by molar-refractivity contribution is 5.85. The molecule has 0 spiro atoms. The lowest BCUT2D eigenvalue weighted by Crippen LogP contribution is -2.60. The van der Waals surface area contributed by atoms with Gasteiger partial charge in [0, 0.05) is 37.9 Å². The lowest BCUT2D eigenvalue weighted by atomic mass is 9.99. The highest BCUT2D eigenvalue weighted by atomic mass is 19.1. The molecule has 3 aliphatic rings. The molecule has 12 heteroatoms. The van der Waals surface area contributed by atoms with Crippen molar-refractivity contribution in [2.45, 2.75) is 30.9 Å². The lowest BCUT2D eigenvalue weighted by molar-refractivity contribution is -0.141. The van der Waals surface area contributed by atoms with Crippen LogP contribution in [0, 0.1) is 12.4 Å². The van der Waals surface area contributed by atoms with E-state index in [0.29, 0.717) is 45.0 Å². The summed E-state index contributed by atoms with van der Waals surface area (Å²) in [6.45, 7) is 10.2. The molecule has 11 nitrogen and oxygen atoms in total. The number of hydrogen-bond acceptors (Lipinski definition) is 8. The summed E-state index contributed by atoms with van der Waals surface area (Å²) >= 11 is 0. The number of aryl methyl sites for hydroxylation is 1. The number of piperazine rings is 1. The summed E-state index contributed by atoms with van der Waals surface area (Å²) in [5.41, 5.74) is 2.55. The molecule has 0 saturated carbocycles. The van der Waals surface area contributed by atoms with Crippen molar-refractivity contribution in [3.05, 3.63) is 64.8 Å². The van der Waals surface area contributed by atoms with Crippen LogP contribution in [0.3, 0.4) is 0 Å². The third-order valence-electron chi connectivity index (χ3n) is 7.05. The number of tetrazole rings is 1. The van der Waals surface area contributed by atoms with E-state index in [1.54, 1.807) is 18.3 Å². The molecule has 178 valence electrons. The number of amides is 1. The van der Waals surface area contributed by atoms with E-state index in [9.17, 15) is 9.18 Å². The van der Waals surface area contributed by atoms with Crippen molar-refractivity contribution in [3.8, 4) is 5.95 Å². The number of ether oxygens (including phenoxy) is 1. The van der Waals surface area contributed by atoms with Crippen LogP contribution in [0.15, 0.2) is 30.7 Å². The molecule has 3 atom stereocenters. The van der Waals surface area contributed by atoms with Gasteiger partial charge in [-0.1, -0.05) is 6.07 Å². The molecular formula is C23H22FN9O2.